The first-order valence-electron chi connectivity index (χ1n) is 5.99. The van der Waals surface area contributed by atoms with E-state index in [-0.39, 0.29) is 0 Å². The van der Waals surface area contributed by atoms with Gasteiger partial charge in [-0.3, -0.25) is 4.57 Å². The summed E-state index contributed by atoms with van der Waals surface area (Å²) in [4.78, 5) is 4.48. The summed E-state index contributed by atoms with van der Waals surface area (Å²) in [6.45, 7) is 9.23. The fourth-order valence-corrected chi connectivity index (χ4v) is 1.85. The smallest absolute Gasteiger partial charge is 0.207 e. The Hall–Kier alpha value is -1.77. The number of hydrogen-bond acceptors (Lipinski definition) is 2. The first kappa shape index (κ1) is 11.7. The van der Waals surface area contributed by atoms with Gasteiger partial charge in [0.15, 0.2) is 0 Å². The zero-order valence-corrected chi connectivity index (χ0v) is 10.9. The maximum atomic E-state index is 4.48. The molecule has 0 bridgehead atoms. The van der Waals surface area contributed by atoms with Crippen LogP contribution >= 0.6 is 0 Å². The summed E-state index contributed by atoms with van der Waals surface area (Å²) in [6, 6.07) is 6.47. The minimum atomic E-state index is 0.876. The van der Waals surface area contributed by atoms with E-state index >= 15 is 0 Å². The molecule has 0 aliphatic rings. The molecule has 0 saturated heterocycles. The third-order valence-corrected chi connectivity index (χ3v) is 2.93. The predicted octanol–water partition coefficient (Wildman–Crippen LogP) is 3.23. The fraction of sp³-hybridized carbons (Fsp3) is 0.357. The van der Waals surface area contributed by atoms with Gasteiger partial charge >= 0.3 is 0 Å². The number of nitrogens with one attached hydrogen (secondary N) is 1. The maximum absolute atomic E-state index is 4.48. The topological polar surface area (TPSA) is 29.9 Å². The standard InChI is InChI=1S/C14H19N3/c1-5-15-14-16-12(4)9-17(14)13-7-6-10(2)11(3)8-13/h6-9H,5H2,1-4H3,(H,15,16). The Morgan fingerprint density at radius 1 is 1.18 bits per heavy atom. The number of nitrogens with zero attached hydrogens (tertiary/aromatic N) is 2. The van der Waals surface area contributed by atoms with Crippen LogP contribution in [-0.2, 0) is 0 Å². The van der Waals surface area contributed by atoms with E-state index in [0.717, 1.165) is 23.9 Å². The summed E-state index contributed by atoms with van der Waals surface area (Å²) in [7, 11) is 0. The summed E-state index contributed by atoms with van der Waals surface area (Å²) in [5, 5.41) is 3.28. The number of imidazole rings is 1. The number of benzene rings is 1. The van der Waals surface area contributed by atoms with Crippen molar-refractivity contribution in [1.29, 1.82) is 0 Å². The van der Waals surface area contributed by atoms with Crippen molar-refractivity contribution >= 4 is 5.95 Å². The lowest BCUT2D eigenvalue weighted by molar-refractivity contribution is 1.02. The molecule has 2 aromatic rings. The highest BCUT2D eigenvalue weighted by Gasteiger charge is 2.07. The molecule has 1 N–H and O–H groups in total. The van der Waals surface area contributed by atoms with Gasteiger partial charge in [-0.2, -0.15) is 0 Å². The molecular formula is C14H19N3. The second-order valence-electron chi connectivity index (χ2n) is 4.37. The van der Waals surface area contributed by atoms with Gasteiger partial charge in [0, 0.05) is 18.4 Å². The monoisotopic (exact) mass is 229 g/mol. The van der Waals surface area contributed by atoms with Crippen molar-refractivity contribution < 1.29 is 0 Å². The van der Waals surface area contributed by atoms with Crippen LogP contribution in [0.2, 0.25) is 0 Å². The number of aryl methyl sites for hydroxylation is 3. The molecule has 90 valence electrons. The molecule has 0 unspecified atom stereocenters. The van der Waals surface area contributed by atoms with Gasteiger partial charge in [0.2, 0.25) is 5.95 Å². The molecule has 0 saturated carbocycles. The molecule has 0 atom stereocenters. The lowest BCUT2D eigenvalue weighted by Gasteiger charge is -2.10. The maximum Gasteiger partial charge on any atom is 0.207 e. The van der Waals surface area contributed by atoms with Gasteiger partial charge < -0.3 is 5.32 Å². The Morgan fingerprint density at radius 3 is 2.59 bits per heavy atom. The minimum Gasteiger partial charge on any atom is -0.356 e. The number of hydrogen-bond donors (Lipinski definition) is 1. The van der Waals surface area contributed by atoms with E-state index in [4.69, 9.17) is 0 Å². The first-order valence-corrected chi connectivity index (χ1v) is 5.99. The van der Waals surface area contributed by atoms with Gasteiger partial charge in [-0.05, 0) is 51.0 Å². The quantitative estimate of drug-likeness (QED) is 0.875. The average Bonchev–Trinajstić information content (AvgIpc) is 2.64. The molecule has 3 heteroatoms. The van der Waals surface area contributed by atoms with E-state index < -0.39 is 0 Å². The predicted molar refractivity (Wildman–Crippen MR) is 71.9 cm³/mol. The van der Waals surface area contributed by atoms with Crippen molar-refractivity contribution in [3.8, 4) is 5.69 Å². The van der Waals surface area contributed by atoms with Crippen molar-refractivity contribution in [2.45, 2.75) is 27.7 Å². The third-order valence-electron chi connectivity index (χ3n) is 2.93. The zero-order valence-electron chi connectivity index (χ0n) is 10.9. The van der Waals surface area contributed by atoms with Crippen molar-refractivity contribution in [2.75, 3.05) is 11.9 Å². The van der Waals surface area contributed by atoms with E-state index in [1.54, 1.807) is 0 Å². The normalized spacial score (nSPS) is 10.6. The van der Waals surface area contributed by atoms with Gasteiger partial charge in [-0.15, -0.1) is 0 Å². The SMILES string of the molecule is CCNc1nc(C)cn1-c1ccc(C)c(C)c1. The zero-order chi connectivity index (χ0) is 12.4. The molecule has 1 aromatic heterocycles. The van der Waals surface area contributed by atoms with Crippen molar-refractivity contribution in [3.63, 3.8) is 0 Å². The Morgan fingerprint density at radius 2 is 1.94 bits per heavy atom. The Balaban J connectivity index is 2.47. The summed E-state index contributed by atoms with van der Waals surface area (Å²) in [5.41, 5.74) is 4.80. The highest BCUT2D eigenvalue weighted by atomic mass is 15.2. The second-order valence-corrected chi connectivity index (χ2v) is 4.37. The van der Waals surface area contributed by atoms with Crippen molar-refractivity contribution in [2.24, 2.45) is 0 Å². The molecular weight excluding hydrogens is 210 g/mol. The molecule has 0 aliphatic heterocycles. The third kappa shape index (κ3) is 2.33. The molecule has 2 rings (SSSR count). The first-order chi connectivity index (χ1) is 8.11. The fourth-order valence-electron chi connectivity index (χ4n) is 1.85. The van der Waals surface area contributed by atoms with Crippen LogP contribution in [0.4, 0.5) is 5.95 Å². The van der Waals surface area contributed by atoms with Crippen molar-refractivity contribution in [3.05, 3.63) is 41.2 Å². The summed E-state index contributed by atoms with van der Waals surface area (Å²) < 4.78 is 2.10. The van der Waals surface area contributed by atoms with Crippen LogP contribution < -0.4 is 5.32 Å². The van der Waals surface area contributed by atoms with Gasteiger partial charge in [-0.1, -0.05) is 6.07 Å². The van der Waals surface area contributed by atoms with E-state index in [0.29, 0.717) is 0 Å². The number of anilines is 1. The van der Waals surface area contributed by atoms with Gasteiger partial charge in [0.05, 0.1) is 5.69 Å². The lowest BCUT2D eigenvalue weighted by atomic mass is 10.1. The van der Waals surface area contributed by atoms with Crippen LogP contribution in [0, 0.1) is 20.8 Å². The molecule has 17 heavy (non-hydrogen) atoms. The Bertz CT molecular complexity index is 526. The van der Waals surface area contributed by atoms with Crippen LogP contribution in [0.25, 0.3) is 5.69 Å². The van der Waals surface area contributed by atoms with Crippen LogP contribution in [0.3, 0.4) is 0 Å². The second kappa shape index (κ2) is 4.62. The van der Waals surface area contributed by atoms with Crippen LogP contribution in [0.15, 0.2) is 24.4 Å². The van der Waals surface area contributed by atoms with E-state index in [1.807, 2.05) is 6.92 Å². The molecule has 0 amide bonds. The summed E-state index contributed by atoms with van der Waals surface area (Å²) in [6.07, 6.45) is 2.06. The minimum absolute atomic E-state index is 0.876. The van der Waals surface area contributed by atoms with Gasteiger partial charge in [0.1, 0.15) is 0 Å². The molecule has 1 aromatic carbocycles. The molecule has 0 aliphatic carbocycles. The average molecular weight is 229 g/mol. The van der Waals surface area contributed by atoms with Crippen LogP contribution in [0.1, 0.15) is 23.7 Å². The Labute approximate surface area is 103 Å². The van der Waals surface area contributed by atoms with E-state index in [1.165, 1.54) is 11.1 Å². The van der Waals surface area contributed by atoms with E-state index in [9.17, 15) is 0 Å². The largest absolute Gasteiger partial charge is 0.356 e. The number of aromatic nitrogens is 2. The molecule has 0 fully saturated rings. The summed E-state index contributed by atoms with van der Waals surface area (Å²) >= 11 is 0. The van der Waals surface area contributed by atoms with Crippen LogP contribution in [-0.4, -0.2) is 16.1 Å². The summed E-state index contributed by atoms with van der Waals surface area (Å²) in [5.74, 6) is 0.910. The number of rotatable bonds is 3. The molecule has 0 spiro atoms. The van der Waals surface area contributed by atoms with Gasteiger partial charge in [-0.25, -0.2) is 4.98 Å². The molecule has 1 heterocycles. The molecule has 0 radical (unpaired) electrons. The lowest BCUT2D eigenvalue weighted by Crippen LogP contribution is -2.05. The Kier molecular flexibility index (Phi) is 3.18. The highest BCUT2D eigenvalue weighted by Crippen LogP contribution is 2.19. The highest BCUT2D eigenvalue weighted by molar-refractivity contribution is 5.46. The van der Waals surface area contributed by atoms with Crippen LogP contribution in [0.5, 0.6) is 0 Å². The molecule has 3 nitrogen and oxygen atoms in total. The van der Waals surface area contributed by atoms with Crippen molar-refractivity contribution in [1.82, 2.24) is 9.55 Å². The van der Waals surface area contributed by atoms with Gasteiger partial charge in [0.25, 0.3) is 0 Å². The van der Waals surface area contributed by atoms with E-state index in [2.05, 4.69) is 60.0 Å².